The van der Waals surface area contributed by atoms with Crippen LogP contribution in [0.4, 0.5) is 5.95 Å². The largest absolute Gasteiger partial charge is 0.353 e. The van der Waals surface area contributed by atoms with Gasteiger partial charge in [0.15, 0.2) is 0 Å². The van der Waals surface area contributed by atoms with E-state index in [1.54, 1.807) is 12.4 Å². The topological polar surface area (TPSA) is 61.4 Å². The molecule has 0 spiro atoms. The molecule has 0 bridgehead atoms. The summed E-state index contributed by atoms with van der Waals surface area (Å²) in [6.45, 7) is 4.63. The molecule has 2 aliphatic rings. The maximum Gasteiger partial charge on any atom is 0.225 e. The third kappa shape index (κ3) is 3.66. The molecule has 1 aliphatic carbocycles. The van der Waals surface area contributed by atoms with Gasteiger partial charge in [-0.2, -0.15) is 0 Å². The normalized spacial score (nSPS) is 19.9. The molecule has 1 saturated carbocycles. The summed E-state index contributed by atoms with van der Waals surface area (Å²) in [7, 11) is 0. The molecule has 108 valence electrons. The molecule has 20 heavy (non-hydrogen) atoms. The maximum absolute atomic E-state index is 11.7. The summed E-state index contributed by atoms with van der Waals surface area (Å²) in [5.74, 6) is 1.000. The van der Waals surface area contributed by atoms with Crippen LogP contribution in [0.5, 0.6) is 0 Å². The zero-order valence-corrected chi connectivity index (χ0v) is 11.7. The summed E-state index contributed by atoms with van der Waals surface area (Å²) < 4.78 is 0. The summed E-state index contributed by atoms with van der Waals surface area (Å²) in [5, 5.41) is 3.03. The van der Waals surface area contributed by atoms with Gasteiger partial charge in [0.1, 0.15) is 0 Å². The Morgan fingerprint density at radius 2 is 1.90 bits per heavy atom. The van der Waals surface area contributed by atoms with Crippen molar-refractivity contribution in [1.82, 2.24) is 20.2 Å². The Labute approximate surface area is 119 Å². The molecule has 0 atom stereocenters. The first-order valence-electron chi connectivity index (χ1n) is 7.35. The van der Waals surface area contributed by atoms with E-state index < -0.39 is 0 Å². The number of carbonyl (C=O) groups excluding carboxylic acids is 1. The summed E-state index contributed by atoms with van der Waals surface area (Å²) >= 11 is 0. The van der Waals surface area contributed by atoms with Crippen LogP contribution in [-0.4, -0.2) is 59.5 Å². The summed E-state index contributed by atoms with van der Waals surface area (Å²) in [6, 6.07) is 2.30. The second-order valence-electron chi connectivity index (χ2n) is 5.47. The van der Waals surface area contributed by atoms with E-state index in [4.69, 9.17) is 0 Å². The van der Waals surface area contributed by atoms with Crippen LogP contribution in [0.15, 0.2) is 18.5 Å². The van der Waals surface area contributed by atoms with Crippen molar-refractivity contribution in [1.29, 1.82) is 0 Å². The highest BCUT2D eigenvalue weighted by atomic mass is 16.1. The van der Waals surface area contributed by atoms with Crippen LogP contribution in [0.2, 0.25) is 0 Å². The predicted octanol–water partition coefficient (Wildman–Crippen LogP) is 0.267. The van der Waals surface area contributed by atoms with Crippen molar-refractivity contribution in [3.63, 3.8) is 0 Å². The number of rotatable bonds is 5. The average Bonchev–Trinajstić information content (AvgIpc) is 3.31. The quantitative estimate of drug-likeness (QED) is 0.835. The SMILES string of the molecule is O=C(CCN1CCN(c2ncccn2)CC1)NC1CC1. The van der Waals surface area contributed by atoms with E-state index in [9.17, 15) is 4.79 Å². The molecule has 1 aliphatic heterocycles. The Hall–Kier alpha value is -1.69. The highest BCUT2D eigenvalue weighted by molar-refractivity contribution is 5.76. The number of piperazine rings is 1. The van der Waals surface area contributed by atoms with Crippen molar-refractivity contribution >= 4 is 11.9 Å². The minimum absolute atomic E-state index is 0.196. The van der Waals surface area contributed by atoms with Crippen LogP contribution >= 0.6 is 0 Å². The van der Waals surface area contributed by atoms with Gasteiger partial charge in [-0.1, -0.05) is 0 Å². The summed E-state index contributed by atoms with van der Waals surface area (Å²) in [6.07, 6.45) is 6.47. The van der Waals surface area contributed by atoms with Crippen molar-refractivity contribution in [2.45, 2.75) is 25.3 Å². The number of nitrogens with one attached hydrogen (secondary N) is 1. The fraction of sp³-hybridized carbons (Fsp3) is 0.643. The summed E-state index contributed by atoms with van der Waals surface area (Å²) in [4.78, 5) is 24.7. The monoisotopic (exact) mass is 275 g/mol. The number of nitrogens with zero attached hydrogens (tertiary/aromatic N) is 4. The van der Waals surface area contributed by atoms with Crippen molar-refractivity contribution in [3.05, 3.63) is 18.5 Å². The lowest BCUT2D eigenvalue weighted by Crippen LogP contribution is -2.47. The number of amides is 1. The molecule has 1 aromatic heterocycles. The van der Waals surface area contributed by atoms with Crippen LogP contribution < -0.4 is 10.2 Å². The van der Waals surface area contributed by atoms with E-state index >= 15 is 0 Å². The number of hydrogen-bond donors (Lipinski definition) is 1. The predicted molar refractivity (Wildman–Crippen MR) is 76.5 cm³/mol. The third-order valence-electron chi connectivity index (χ3n) is 3.80. The van der Waals surface area contributed by atoms with E-state index in [1.807, 2.05) is 6.07 Å². The van der Waals surface area contributed by atoms with Gasteiger partial charge in [-0.05, 0) is 18.9 Å². The van der Waals surface area contributed by atoms with Gasteiger partial charge in [-0.15, -0.1) is 0 Å². The number of carbonyl (C=O) groups is 1. The van der Waals surface area contributed by atoms with Crippen LogP contribution in [-0.2, 0) is 4.79 Å². The van der Waals surface area contributed by atoms with Crippen LogP contribution in [0.1, 0.15) is 19.3 Å². The molecule has 0 aromatic carbocycles. The molecule has 2 fully saturated rings. The van der Waals surface area contributed by atoms with Gasteiger partial charge >= 0.3 is 0 Å². The Balaban J connectivity index is 1.38. The van der Waals surface area contributed by atoms with Gasteiger partial charge in [0.2, 0.25) is 11.9 Å². The van der Waals surface area contributed by atoms with Crippen LogP contribution in [0, 0.1) is 0 Å². The molecule has 0 radical (unpaired) electrons. The molecule has 1 N–H and O–H groups in total. The van der Waals surface area contributed by atoms with Crippen molar-refractivity contribution in [3.8, 4) is 0 Å². The van der Waals surface area contributed by atoms with Gasteiger partial charge in [0.25, 0.3) is 0 Å². The Bertz CT molecular complexity index is 440. The number of aromatic nitrogens is 2. The first-order chi connectivity index (χ1) is 9.81. The Morgan fingerprint density at radius 3 is 2.55 bits per heavy atom. The second kappa shape index (κ2) is 6.17. The molecule has 1 saturated heterocycles. The molecule has 2 heterocycles. The van der Waals surface area contributed by atoms with Crippen LogP contribution in [0.25, 0.3) is 0 Å². The molecule has 6 heteroatoms. The fourth-order valence-corrected chi connectivity index (χ4v) is 2.41. The molecule has 0 unspecified atom stereocenters. The standard InChI is InChI=1S/C14H21N5O/c20-13(17-12-2-3-12)4-7-18-8-10-19(11-9-18)14-15-5-1-6-16-14/h1,5-6,12H,2-4,7-11H2,(H,17,20). The lowest BCUT2D eigenvalue weighted by Gasteiger charge is -2.34. The zero-order valence-electron chi connectivity index (χ0n) is 11.7. The smallest absolute Gasteiger partial charge is 0.225 e. The van der Waals surface area contributed by atoms with Gasteiger partial charge in [-0.3, -0.25) is 9.69 Å². The van der Waals surface area contributed by atoms with Crippen molar-refractivity contribution < 1.29 is 4.79 Å². The van der Waals surface area contributed by atoms with E-state index in [0.29, 0.717) is 12.5 Å². The first-order valence-corrected chi connectivity index (χ1v) is 7.35. The number of hydrogen-bond acceptors (Lipinski definition) is 5. The first kappa shape index (κ1) is 13.3. The average molecular weight is 275 g/mol. The minimum Gasteiger partial charge on any atom is -0.353 e. The van der Waals surface area contributed by atoms with Gasteiger partial charge in [-0.25, -0.2) is 9.97 Å². The van der Waals surface area contributed by atoms with Gasteiger partial charge in [0, 0.05) is 57.6 Å². The molecule has 1 amide bonds. The molecule has 6 nitrogen and oxygen atoms in total. The lowest BCUT2D eigenvalue weighted by molar-refractivity contribution is -0.121. The van der Waals surface area contributed by atoms with Gasteiger partial charge < -0.3 is 10.2 Å². The van der Waals surface area contributed by atoms with Crippen molar-refractivity contribution in [2.75, 3.05) is 37.6 Å². The minimum atomic E-state index is 0.196. The van der Waals surface area contributed by atoms with E-state index in [2.05, 4.69) is 25.1 Å². The van der Waals surface area contributed by atoms with E-state index in [-0.39, 0.29) is 5.91 Å². The highest BCUT2D eigenvalue weighted by Gasteiger charge is 2.24. The highest BCUT2D eigenvalue weighted by Crippen LogP contribution is 2.18. The van der Waals surface area contributed by atoms with Gasteiger partial charge in [0.05, 0.1) is 0 Å². The fourth-order valence-electron chi connectivity index (χ4n) is 2.41. The van der Waals surface area contributed by atoms with E-state index in [1.165, 1.54) is 0 Å². The Kier molecular flexibility index (Phi) is 4.11. The van der Waals surface area contributed by atoms with Crippen molar-refractivity contribution in [2.24, 2.45) is 0 Å². The Morgan fingerprint density at radius 1 is 1.20 bits per heavy atom. The zero-order chi connectivity index (χ0) is 13.8. The molecule has 1 aromatic rings. The lowest BCUT2D eigenvalue weighted by atomic mass is 10.3. The second-order valence-corrected chi connectivity index (χ2v) is 5.47. The van der Waals surface area contributed by atoms with E-state index in [0.717, 1.165) is 51.5 Å². The number of anilines is 1. The maximum atomic E-state index is 11.7. The molecular weight excluding hydrogens is 254 g/mol. The van der Waals surface area contributed by atoms with Crippen LogP contribution in [0.3, 0.4) is 0 Å². The third-order valence-corrected chi connectivity index (χ3v) is 3.80. The summed E-state index contributed by atoms with van der Waals surface area (Å²) in [5.41, 5.74) is 0. The molecule has 3 rings (SSSR count). The molecular formula is C14H21N5O.